The van der Waals surface area contributed by atoms with Crippen molar-refractivity contribution in [3.63, 3.8) is 0 Å². The Balaban J connectivity index is 3.03. The second-order valence-corrected chi connectivity index (χ2v) is 3.94. The van der Waals surface area contributed by atoms with E-state index in [0.29, 0.717) is 0 Å². The lowest BCUT2D eigenvalue weighted by atomic mass is 10.0. The van der Waals surface area contributed by atoms with Crippen molar-refractivity contribution < 1.29 is 5.11 Å². The van der Waals surface area contributed by atoms with Crippen molar-refractivity contribution in [2.75, 3.05) is 13.7 Å². The molecule has 1 aromatic carbocycles. The first-order valence-electron chi connectivity index (χ1n) is 4.23. The molecule has 0 radical (unpaired) electrons. The van der Waals surface area contributed by atoms with E-state index in [9.17, 15) is 0 Å². The Kier molecular flexibility index (Phi) is 3.90. The summed E-state index contributed by atoms with van der Waals surface area (Å²) in [5.41, 5.74) is 2.33. The smallest absolute Gasteiger partial charge is 0.0626 e. The highest BCUT2D eigenvalue weighted by molar-refractivity contribution is 9.10. The maximum Gasteiger partial charge on any atom is 0.0626 e. The average Bonchev–Trinajstić information content (AvgIpc) is 2.13. The van der Waals surface area contributed by atoms with Gasteiger partial charge in [-0.2, -0.15) is 0 Å². The molecule has 0 aliphatic carbocycles. The number of hydrogen-bond donors (Lipinski definition) is 2. The van der Waals surface area contributed by atoms with Crippen molar-refractivity contribution in [3.05, 3.63) is 33.8 Å². The Bertz CT molecular complexity index is 284. The summed E-state index contributed by atoms with van der Waals surface area (Å²) in [4.78, 5) is 0. The van der Waals surface area contributed by atoms with Gasteiger partial charge in [0.05, 0.1) is 12.6 Å². The van der Waals surface area contributed by atoms with Crippen molar-refractivity contribution in [1.29, 1.82) is 0 Å². The van der Waals surface area contributed by atoms with Crippen LogP contribution < -0.4 is 5.32 Å². The Morgan fingerprint density at radius 2 is 2.23 bits per heavy atom. The highest BCUT2D eigenvalue weighted by Crippen LogP contribution is 2.21. The fourth-order valence-electron chi connectivity index (χ4n) is 1.33. The minimum Gasteiger partial charge on any atom is -0.394 e. The summed E-state index contributed by atoms with van der Waals surface area (Å²) >= 11 is 3.41. The van der Waals surface area contributed by atoms with Gasteiger partial charge in [0.1, 0.15) is 0 Å². The Labute approximate surface area is 87.1 Å². The van der Waals surface area contributed by atoms with Crippen molar-refractivity contribution in [2.45, 2.75) is 13.0 Å². The molecule has 1 aromatic rings. The summed E-state index contributed by atoms with van der Waals surface area (Å²) in [7, 11) is 1.85. The quantitative estimate of drug-likeness (QED) is 0.852. The largest absolute Gasteiger partial charge is 0.394 e. The molecular formula is C10H14BrNO. The van der Waals surface area contributed by atoms with Crippen LogP contribution in [0.2, 0.25) is 0 Å². The van der Waals surface area contributed by atoms with E-state index >= 15 is 0 Å². The van der Waals surface area contributed by atoms with Crippen LogP contribution in [0.4, 0.5) is 0 Å². The lowest BCUT2D eigenvalue weighted by Gasteiger charge is -2.16. The van der Waals surface area contributed by atoms with Crippen molar-refractivity contribution in [2.24, 2.45) is 0 Å². The number of aliphatic hydroxyl groups excluding tert-OH is 1. The molecule has 1 atom stereocenters. The first kappa shape index (κ1) is 10.7. The molecule has 13 heavy (non-hydrogen) atoms. The molecule has 72 valence electrons. The highest BCUT2D eigenvalue weighted by atomic mass is 79.9. The molecular weight excluding hydrogens is 230 g/mol. The molecule has 1 rings (SSSR count). The Morgan fingerprint density at radius 1 is 1.54 bits per heavy atom. The average molecular weight is 244 g/mol. The summed E-state index contributed by atoms with van der Waals surface area (Å²) in [6.45, 7) is 2.16. The zero-order valence-corrected chi connectivity index (χ0v) is 9.43. The summed E-state index contributed by atoms with van der Waals surface area (Å²) in [5.74, 6) is 0. The van der Waals surface area contributed by atoms with Gasteiger partial charge in [-0.1, -0.05) is 22.0 Å². The molecule has 0 bridgehead atoms. The number of benzene rings is 1. The maximum atomic E-state index is 9.12. The molecule has 0 aromatic heterocycles. The van der Waals surface area contributed by atoms with E-state index in [0.717, 1.165) is 10.0 Å². The third-order valence-corrected chi connectivity index (χ3v) is 2.64. The molecule has 0 saturated heterocycles. The van der Waals surface area contributed by atoms with Gasteiger partial charge in [0.15, 0.2) is 0 Å². The summed E-state index contributed by atoms with van der Waals surface area (Å²) in [6, 6.07) is 6.10. The summed E-state index contributed by atoms with van der Waals surface area (Å²) < 4.78 is 1.04. The normalized spacial score (nSPS) is 12.9. The maximum absolute atomic E-state index is 9.12. The van der Waals surface area contributed by atoms with Gasteiger partial charge in [0, 0.05) is 4.47 Å². The minimum atomic E-state index is 0.0255. The van der Waals surface area contributed by atoms with Crippen LogP contribution in [0.15, 0.2) is 22.7 Å². The fraction of sp³-hybridized carbons (Fsp3) is 0.400. The monoisotopic (exact) mass is 243 g/mol. The zero-order valence-electron chi connectivity index (χ0n) is 7.84. The Morgan fingerprint density at radius 3 is 2.77 bits per heavy atom. The molecule has 2 N–H and O–H groups in total. The Hall–Kier alpha value is -0.380. The fourth-order valence-corrected chi connectivity index (χ4v) is 1.71. The third kappa shape index (κ3) is 2.53. The first-order chi connectivity index (χ1) is 6.19. The third-order valence-electron chi connectivity index (χ3n) is 2.15. The molecule has 0 unspecified atom stereocenters. The van der Waals surface area contributed by atoms with E-state index in [1.807, 2.05) is 32.2 Å². The second-order valence-electron chi connectivity index (χ2n) is 3.02. The predicted molar refractivity (Wildman–Crippen MR) is 57.8 cm³/mol. The van der Waals surface area contributed by atoms with Crippen LogP contribution in [-0.2, 0) is 0 Å². The van der Waals surface area contributed by atoms with Crippen LogP contribution in [0, 0.1) is 6.92 Å². The highest BCUT2D eigenvalue weighted by Gasteiger charge is 2.10. The van der Waals surface area contributed by atoms with E-state index in [-0.39, 0.29) is 12.6 Å². The van der Waals surface area contributed by atoms with Crippen LogP contribution in [-0.4, -0.2) is 18.8 Å². The molecule has 0 aliphatic rings. The standard InChI is InChI=1S/C10H14BrNO/c1-7-3-4-8(11)5-9(7)10(6-13)12-2/h3-5,10,12-13H,6H2,1-2H3/t10-/m1/s1. The molecule has 0 aliphatic heterocycles. The van der Waals surface area contributed by atoms with E-state index in [4.69, 9.17) is 5.11 Å². The van der Waals surface area contributed by atoms with Crippen LogP contribution in [0.25, 0.3) is 0 Å². The molecule has 0 spiro atoms. The molecule has 0 fully saturated rings. The topological polar surface area (TPSA) is 32.3 Å². The number of nitrogens with one attached hydrogen (secondary N) is 1. The van der Waals surface area contributed by atoms with Crippen LogP contribution in [0.5, 0.6) is 0 Å². The number of aliphatic hydroxyl groups is 1. The van der Waals surface area contributed by atoms with E-state index in [1.165, 1.54) is 5.56 Å². The van der Waals surface area contributed by atoms with Gasteiger partial charge in [-0.25, -0.2) is 0 Å². The van der Waals surface area contributed by atoms with Crippen molar-refractivity contribution in [1.82, 2.24) is 5.32 Å². The molecule has 0 heterocycles. The SMILES string of the molecule is CN[C@H](CO)c1cc(Br)ccc1C. The lowest BCUT2D eigenvalue weighted by molar-refractivity contribution is 0.250. The predicted octanol–water partition coefficient (Wildman–Crippen LogP) is 2.01. The molecule has 0 amide bonds. The van der Waals surface area contributed by atoms with Gasteiger partial charge >= 0.3 is 0 Å². The summed E-state index contributed by atoms with van der Waals surface area (Å²) in [5, 5.41) is 12.2. The van der Waals surface area contributed by atoms with Gasteiger partial charge in [-0.15, -0.1) is 0 Å². The van der Waals surface area contributed by atoms with E-state index in [1.54, 1.807) is 0 Å². The molecule has 0 saturated carbocycles. The van der Waals surface area contributed by atoms with Gasteiger partial charge in [-0.05, 0) is 37.2 Å². The number of halogens is 1. The van der Waals surface area contributed by atoms with E-state index < -0.39 is 0 Å². The lowest BCUT2D eigenvalue weighted by Crippen LogP contribution is -2.20. The number of hydrogen-bond acceptors (Lipinski definition) is 2. The van der Waals surface area contributed by atoms with Gasteiger partial charge in [0.25, 0.3) is 0 Å². The van der Waals surface area contributed by atoms with Crippen LogP contribution in [0.3, 0.4) is 0 Å². The molecule has 2 nitrogen and oxygen atoms in total. The van der Waals surface area contributed by atoms with Crippen molar-refractivity contribution >= 4 is 15.9 Å². The molecule has 3 heteroatoms. The van der Waals surface area contributed by atoms with Crippen LogP contribution in [0.1, 0.15) is 17.2 Å². The summed E-state index contributed by atoms with van der Waals surface area (Å²) in [6.07, 6.45) is 0. The van der Waals surface area contributed by atoms with E-state index in [2.05, 4.69) is 21.2 Å². The van der Waals surface area contributed by atoms with Crippen molar-refractivity contribution in [3.8, 4) is 0 Å². The number of likely N-dealkylation sites (N-methyl/N-ethyl adjacent to an activating group) is 1. The number of aryl methyl sites for hydroxylation is 1. The minimum absolute atomic E-state index is 0.0255. The van der Waals surface area contributed by atoms with Crippen LogP contribution >= 0.6 is 15.9 Å². The zero-order chi connectivity index (χ0) is 9.84. The van der Waals surface area contributed by atoms with Gasteiger partial charge in [-0.3, -0.25) is 0 Å². The van der Waals surface area contributed by atoms with Gasteiger partial charge < -0.3 is 10.4 Å². The number of rotatable bonds is 3. The van der Waals surface area contributed by atoms with Gasteiger partial charge in [0.2, 0.25) is 0 Å². The second kappa shape index (κ2) is 4.74. The first-order valence-corrected chi connectivity index (χ1v) is 5.02.